The van der Waals surface area contributed by atoms with Gasteiger partial charge in [-0.25, -0.2) is 0 Å². The van der Waals surface area contributed by atoms with Crippen molar-refractivity contribution in [3.8, 4) is 0 Å². The van der Waals surface area contributed by atoms with Crippen LogP contribution in [-0.2, 0) is 11.9 Å². The van der Waals surface area contributed by atoms with Crippen LogP contribution in [0.25, 0.3) is 5.65 Å². The summed E-state index contributed by atoms with van der Waals surface area (Å²) in [7, 11) is 0. The van der Waals surface area contributed by atoms with Crippen molar-refractivity contribution in [2.75, 3.05) is 0 Å². The zero-order chi connectivity index (χ0) is 16.6. The number of rotatable bonds is 3. The molecule has 0 aliphatic heterocycles. The maximum Gasteiger partial charge on any atom is 0.417 e. The summed E-state index contributed by atoms with van der Waals surface area (Å²) in [4.78, 5) is 0. The molecule has 0 atom stereocenters. The third-order valence-electron chi connectivity index (χ3n) is 3.24. The largest absolute Gasteiger partial charge is 0.417 e. The highest BCUT2D eigenvalue weighted by atomic mass is 35.5. The van der Waals surface area contributed by atoms with E-state index in [9.17, 15) is 13.2 Å². The van der Waals surface area contributed by atoms with E-state index in [-0.39, 0.29) is 10.7 Å². The van der Waals surface area contributed by atoms with Crippen molar-refractivity contribution in [3.05, 3.63) is 58.2 Å². The minimum Gasteiger partial charge on any atom is -0.276 e. The van der Waals surface area contributed by atoms with Gasteiger partial charge < -0.3 is 0 Å². The molecule has 0 N–H and O–H groups in total. The van der Waals surface area contributed by atoms with Crippen LogP contribution in [-0.4, -0.2) is 14.6 Å². The Labute approximate surface area is 139 Å². The number of hydrogen-bond donors (Lipinski definition) is 0. The molecular formula is C15H11ClF3N3S. The van der Waals surface area contributed by atoms with Gasteiger partial charge in [0.2, 0.25) is 0 Å². The van der Waals surface area contributed by atoms with Gasteiger partial charge in [-0.2, -0.15) is 13.2 Å². The van der Waals surface area contributed by atoms with E-state index >= 15 is 0 Å². The van der Waals surface area contributed by atoms with Gasteiger partial charge >= 0.3 is 6.18 Å². The minimum atomic E-state index is -4.47. The first-order valence-electron chi connectivity index (χ1n) is 6.64. The number of aryl methyl sites for hydroxylation is 1. The SMILES string of the molecule is Cc1ccc(CSc2nnc3c(Cl)cc(C(F)(F)F)cn23)cc1. The lowest BCUT2D eigenvalue weighted by Gasteiger charge is -2.08. The molecule has 8 heteroatoms. The van der Waals surface area contributed by atoms with Crippen LogP contribution in [0.1, 0.15) is 16.7 Å². The molecule has 3 rings (SSSR count). The highest BCUT2D eigenvalue weighted by Gasteiger charge is 2.32. The van der Waals surface area contributed by atoms with E-state index in [0.717, 1.165) is 23.4 Å². The van der Waals surface area contributed by atoms with Crippen LogP contribution in [0.3, 0.4) is 0 Å². The standard InChI is InChI=1S/C15H11ClF3N3S/c1-9-2-4-10(5-3-9)8-23-14-21-20-13-12(16)6-11(7-22(13)14)15(17,18)19/h2-7H,8H2,1H3. The number of thioether (sulfide) groups is 1. The number of hydrogen-bond acceptors (Lipinski definition) is 3. The molecule has 0 amide bonds. The van der Waals surface area contributed by atoms with Gasteiger partial charge in [0, 0.05) is 11.9 Å². The first kappa shape index (κ1) is 16.1. The average Bonchev–Trinajstić information content (AvgIpc) is 2.89. The van der Waals surface area contributed by atoms with Crippen LogP contribution in [0.5, 0.6) is 0 Å². The molecule has 0 bridgehead atoms. The van der Waals surface area contributed by atoms with Gasteiger partial charge in [0.25, 0.3) is 0 Å². The van der Waals surface area contributed by atoms with E-state index in [1.54, 1.807) is 0 Å². The average molecular weight is 358 g/mol. The second kappa shape index (κ2) is 6.05. The number of nitrogens with zero attached hydrogens (tertiary/aromatic N) is 3. The molecule has 2 heterocycles. The number of pyridine rings is 1. The summed E-state index contributed by atoms with van der Waals surface area (Å²) in [6, 6.07) is 8.77. The Hall–Kier alpha value is -1.73. The van der Waals surface area contributed by atoms with Crippen molar-refractivity contribution in [1.29, 1.82) is 0 Å². The molecule has 3 aromatic rings. The van der Waals surface area contributed by atoms with Gasteiger partial charge in [0.1, 0.15) is 0 Å². The number of halogens is 4. The quantitative estimate of drug-likeness (QED) is 0.618. The van der Waals surface area contributed by atoms with Gasteiger partial charge in [-0.05, 0) is 18.6 Å². The molecule has 23 heavy (non-hydrogen) atoms. The van der Waals surface area contributed by atoms with Crippen LogP contribution in [0.15, 0.2) is 41.7 Å². The summed E-state index contributed by atoms with van der Waals surface area (Å²) in [5.74, 6) is 0.578. The lowest BCUT2D eigenvalue weighted by atomic mass is 10.2. The van der Waals surface area contributed by atoms with E-state index in [2.05, 4.69) is 10.2 Å². The van der Waals surface area contributed by atoms with E-state index < -0.39 is 11.7 Å². The molecule has 0 saturated heterocycles. The molecule has 3 nitrogen and oxygen atoms in total. The lowest BCUT2D eigenvalue weighted by Crippen LogP contribution is -2.07. The highest BCUT2D eigenvalue weighted by molar-refractivity contribution is 7.98. The maximum atomic E-state index is 12.9. The van der Waals surface area contributed by atoms with Crippen LogP contribution in [0, 0.1) is 6.92 Å². The molecule has 0 aliphatic carbocycles. The summed E-state index contributed by atoms with van der Waals surface area (Å²) in [5, 5.41) is 8.09. The molecule has 0 fully saturated rings. The molecule has 120 valence electrons. The highest BCUT2D eigenvalue weighted by Crippen LogP contribution is 2.33. The first-order valence-corrected chi connectivity index (χ1v) is 8.01. The van der Waals surface area contributed by atoms with Crippen LogP contribution in [0.2, 0.25) is 5.02 Å². The van der Waals surface area contributed by atoms with E-state index in [0.29, 0.717) is 10.9 Å². The fraction of sp³-hybridized carbons (Fsp3) is 0.200. The summed E-state index contributed by atoms with van der Waals surface area (Å²) in [6.45, 7) is 1.99. The van der Waals surface area contributed by atoms with Crippen LogP contribution in [0.4, 0.5) is 13.2 Å². The molecule has 0 saturated carbocycles. The monoisotopic (exact) mass is 357 g/mol. The lowest BCUT2D eigenvalue weighted by molar-refractivity contribution is -0.137. The van der Waals surface area contributed by atoms with Crippen molar-refractivity contribution < 1.29 is 13.2 Å². The number of benzene rings is 1. The van der Waals surface area contributed by atoms with Crippen molar-refractivity contribution in [1.82, 2.24) is 14.6 Å². The van der Waals surface area contributed by atoms with E-state index in [4.69, 9.17) is 11.6 Å². The topological polar surface area (TPSA) is 30.2 Å². The zero-order valence-corrected chi connectivity index (χ0v) is 13.5. The summed E-state index contributed by atoms with van der Waals surface area (Å²) in [5.41, 5.74) is 1.58. The summed E-state index contributed by atoms with van der Waals surface area (Å²) < 4.78 is 40.0. The Kier molecular flexibility index (Phi) is 4.25. The summed E-state index contributed by atoms with van der Waals surface area (Å²) in [6.07, 6.45) is -3.50. The fourth-order valence-corrected chi connectivity index (χ4v) is 3.13. The first-order chi connectivity index (χ1) is 10.8. The van der Waals surface area contributed by atoms with Crippen LogP contribution < -0.4 is 0 Å². The second-order valence-electron chi connectivity index (χ2n) is 5.02. The molecule has 2 aromatic heterocycles. The predicted molar refractivity (Wildman–Crippen MR) is 83.7 cm³/mol. The van der Waals surface area contributed by atoms with E-state index in [1.165, 1.54) is 16.2 Å². The molecular weight excluding hydrogens is 347 g/mol. The van der Waals surface area contributed by atoms with Gasteiger partial charge in [-0.3, -0.25) is 4.40 Å². The smallest absolute Gasteiger partial charge is 0.276 e. The Morgan fingerprint density at radius 2 is 1.87 bits per heavy atom. The third-order valence-corrected chi connectivity index (χ3v) is 4.54. The Balaban J connectivity index is 1.92. The summed E-state index contributed by atoms with van der Waals surface area (Å²) >= 11 is 7.19. The second-order valence-corrected chi connectivity index (χ2v) is 6.37. The molecule has 0 spiro atoms. The number of aromatic nitrogens is 3. The van der Waals surface area contributed by atoms with E-state index in [1.807, 2.05) is 31.2 Å². The molecule has 1 aromatic carbocycles. The minimum absolute atomic E-state index is 0.0745. The van der Waals surface area contributed by atoms with Crippen molar-refractivity contribution in [2.45, 2.75) is 24.0 Å². The van der Waals surface area contributed by atoms with Crippen molar-refractivity contribution in [2.24, 2.45) is 0 Å². The Morgan fingerprint density at radius 1 is 1.17 bits per heavy atom. The zero-order valence-electron chi connectivity index (χ0n) is 11.9. The van der Waals surface area contributed by atoms with Gasteiger partial charge in [0.05, 0.1) is 10.6 Å². The van der Waals surface area contributed by atoms with Gasteiger partial charge in [0.15, 0.2) is 10.8 Å². The fourth-order valence-electron chi connectivity index (χ4n) is 2.02. The molecule has 0 unspecified atom stereocenters. The van der Waals surface area contributed by atoms with Crippen molar-refractivity contribution >= 4 is 29.0 Å². The molecule has 0 radical (unpaired) electrons. The number of alkyl halides is 3. The Morgan fingerprint density at radius 3 is 2.52 bits per heavy atom. The van der Waals surface area contributed by atoms with Gasteiger partial charge in [-0.1, -0.05) is 53.2 Å². The van der Waals surface area contributed by atoms with Gasteiger partial charge in [-0.15, -0.1) is 10.2 Å². The number of fused-ring (bicyclic) bond motifs is 1. The van der Waals surface area contributed by atoms with Crippen molar-refractivity contribution in [3.63, 3.8) is 0 Å². The molecule has 0 aliphatic rings. The Bertz CT molecular complexity index is 844. The normalized spacial score (nSPS) is 12.0. The third kappa shape index (κ3) is 3.45. The maximum absolute atomic E-state index is 12.9. The van der Waals surface area contributed by atoms with Crippen LogP contribution >= 0.6 is 23.4 Å². The predicted octanol–water partition coefficient (Wildman–Crippen LogP) is 5.00.